The van der Waals surface area contributed by atoms with E-state index in [1.807, 2.05) is 48.7 Å². The molecule has 158 valence electrons. The second kappa shape index (κ2) is 10.6. The molecule has 0 aliphatic carbocycles. The standard InChI is InChI=1S/C21H24N4O4S/c1-3-24(13-16-9-6-5-7-10-16)18(26)14-29-19(27)15-30-21-23-22-20(25(21)4-2)17-11-8-12-28-17/h5-12H,3-4,13-15H2,1-2H3. The predicted octanol–water partition coefficient (Wildman–Crippen LogP) is 3.24. The molecule has 0 spiro atoms. The van der Waals surface area contributed by atoms with E-state index >= 15 is 0 Å². The highest BCUT2D eigenvalue weighted by molar-refractivity contribution is 7.99. The SMILES string of the molecule is CCN(Cc1ccccc1)C(=O)COC(=O)CSc1nnc(-c2ccco2)n1CC. The molecule has 0 bridgehead atoms. The van der Waals surface area contributed by atoms with Gasteiger partial charge in [-0.3, -0.25) is 14.2 Å². The molecule has 3 aromatic rings. The third kappa shape index (κ3) is 5.50. The summed E-state index contributed by atoms with van der Waals surface area (Å²) in [6, 6.07) is 13.3. The van der Waals surface area contributed by atoms with Crippen LogP contribution in [-0.2, 0) is 27.4 Å². The monoisotopic (exact) mass is 428 g/mol. The van der Waals surface area contributed by atoms with Crippen LogP contribution in [0.2, 0.25) is 0 Å². The van der Waals surface area contributed by atoms with Crippen molar-refractivity contribution < 1.29 is 18.7 Å². The molecule has 9 heteroatoms. The van der Waals surface area contributed by atoms with E-state index < -0.39 is 5.97 Å². The summed E-state index contributed by atoms with van der Waals surface area (Å²) in [7, 11) is 0. The van der Waals surface area contributed by atoms with Crippen LogP contribution in [0.4, 0.5) is 0 Å². The van der Waals surface area contributed by atoms with Crippen molar-refractivity contribution in [1.29, 1.82) is 0 Å². The Balaban J connectivity index is 1.49. The molecule has 2 aromatic heterocycles. The maximum atomic E-state index is 12.4. The third-order valence-corrected chi connectivity index (χ3v) is 5.34. The van der Waals surface area contributed by atoms with Gasteiger partial charge in [0.25, 0.3) is 5.91 Å². The van der Waals surface area contributed by atoms with E-state index in [0.29, 0.717) is 36.4 Å². The number of aromatic nitrogens is 3. The van der Waals surface area contributed by atoms with Crippen molar-refractivity contribution in [2.75, 3.05) is 18.9 Å². The van der Waals surface area contributed by atoms with Crippen LogP contribution in [0.15, 0.2) is 58.3 Å². The predicted molar refractivity (Wildman–Crippen MR) is 113 cm³/mol. The highest BCUT2D eigenvalue weighted by Crippen LogP contribution is 2.24. The number of ether oxygens (including phenoxy) is 1. The van der Waals surface area contributed by atoms with E-state index in [2.05, 4.69) is 10.2 Å². The molecule has 0 aliphatic rings. The Labute approximate surface area is 179 Å². The third-order valence-electron chi connectivity index (χ3n) is 4.40. The molecule has 30 heavy (non-hydrogen) atoms. The van der Waals surface area contributed by atoms with Crippen LogP contribution < -0.4 is 0 Å². The summed E-state index contributed by atoms with van der Waals surface area (Å²) in [5.41, 5.74) is 1.03. The molecule has 8 nitrogen and oxygen atoms in total. The number of furan rings is 1. The van der Waals surface area contributed by atoms with Gasteiger partial charge in [0.05, 0.1) is 12.0 Å². The molecule has 0 radical (unpaired) electrons. The number of hydrogen-bond donors (Lipinski definition) is 0. The van der Waals surface area contributed by atoms with Crippen LogP contribution >= 0.6 is 11.8 Å². The molecular formula is C21H24N4O4S. The number of likely N-dealkylation sites (N-methyl/N-ethyl adjacent to an activating group) is 1. The normalized spacial score (nSPS) is 10.7. The van der Waals surface area contributed by atoms with Gasteiger partial charge in [0.15, 0.2) is 23.3 Å². The molecule has 0 saturated carbocycles. The molecule has 1 amide bonds. The van der Waals surface area contributed by atoms with Crippen LogP contribution in [-0.4, -0.2) is 50.4 Å². The fourth-order valence-electron chi connectivity index (χ4n) is 2.85. The first kappa shape index (κ1) is 21.6. The van der Waals surface area contributed by atoms with Gasteiger partial charge in [-0.1, -0.05) is 42.1 Å². The van der Waals surface area contributed by atoms with Crippen LogP contribution in [0, 0.1) is 0 Å². The number of carbonyl (C=O) groups is 2. The zero-order valence-corrected chi connectivity index (χ0v) is 17.8. The average molecular weight is 429 g/mol. The van der Waals surface area contributed by atoms with Crippen molar-refractivity contribution in [2.45, 2.75) is 32.1 Å². The Hall–Kier alpha value is -3.07. The molecule has 0 unspecified atom stereocenters. The quantitative estimate of drug-likeness (QED) is 0.362. The molecule has 1 aromatic carbocycles. The Kier molecular flexibility index (Phi) is 7.67. The fraction of sp³-hybridized carbons (Fsp3) is 0.333. The van der Waals surface area contributed by atoms with E-state index in [-0.39, 0.29) is 18.3 Å². The minimum Gasteiger partial charge on any atom is -0.461 e. The number of nitrogens with zero attached hydrogens (tertiary/aromatic N) is 4. The summed E-state index contributed by atoms with van der Waals surface area (Å²) in [5.74, 6) is 0.551. The van der Waals surface area contributed by atoms with Crippen molar-refractivity contribution in [1.82, 2.24) is 19.7 Å². The largest absolute Gasteiger partial charge is 0.461 e. The van der Waals surface area contributed by atoms with Gasteiger partial charge < -0.3 is 14.1 Å². The lowest BCUT2D eigenvalue weighted by Gasteiger charge is -2.20. The smallest absolute Gasteiger partial charge is 0.316 e. The van der Waals surface area contributed by atoms with Gasteiger partial charge in [0, 0.05) is 19.6 Å². The van der Waals surface area contributed by atoms with Crippen molar-refractivity contribution in [3.8, 4) is 11.6 Å². The molecule has 0 saturated heterocycles. The van der Waals surface area contributed by atoms with E-state index in [0.717, 1.165) is 5.56 Å². The molecule has 2 heterocycles. The van der Waals surface area contributed by atoms with Crippen LogP contribution in [0.25, 0.3) is 11.6 Å². The number of carbonyl (C=O) groups excluding carboxylic acids is 2. The van der Waals surface area contributed by atoms with Crippen molar-refractivity contribution in [3.05, 3.63) is 54.3 Å². The molecule has 0 atom stereocenters. The average Bonchev–Trinajstić information content (AvgIpc) is 3.44. The Morgan fingerprint density at radius 3 is 2.60 bits per heavy atom. The number of esters is 1. The lowest BCUT2D eigenvalue weighted by Crippen LogP contribution is -2.34. The van der Waals surface area contributed by atoms with Crippen molar-refractivity contribution in [2.24, 2.45) is 0 Å². The molecule has 0 aliphatic heterocycles. The number of thioether (sulfide) groups is 1. The first-order chi connectivity index (χ1) is 14.6. The molecular weight excluding hydrogens is 404 g/mol. The van der Waals surface area contributed by atoms with Crippen LogP contribution in [0.3, 0.4) is 0 Å². The summed E-state index contributed by atoms with van der Waals surface area (Å²) >= 11 is 1.21. The van der Waals surface area contributed by atoms with Crippen molar-refractivity contribution >= 4 is 23.6 Å². The fourth-order valence-corrected chi connectivity index (χ4v) is 3.65. The highest BCUT2D eigenvalue weighted by Gasteiger charge is 2.18. The van der Waals surface area contributed by atoms with Gasteiger partial charge in [0.1, 0.15) is 0 Å². The first-order valence-corrected chi connectivity index (χ1v) is 10.7. The zero-order valence-electron chi connectivity index (χ0n) is 17.0. The summed E-state index contributed by atoms with van der Waals surface area (Å²) in [6.07, 6.45) is 1.57. The summed E-state index contributed by atoms with van der Waals surface area (Å²) < 4.78 is 12.4. The number of benzene rings is 1. The van der Waals surface area contributed by atoms with Crippen molar-refractivity contribution in [3.63, 3.8) is 0 Å². The minimum absolute atomic E-state index is 0.0361. The first-order valence-electron chi connectivity index (χ1n) is 9.69. The maximum Gasteiger partial charge on any atom is 0.316 e. The van der Waals surface area contributed by atoms with E-state index in [1.54, 1.807) is 23.3 Å². The van der Waals surface area contributed by atoms with Gasteiger partial charge in [-0.25, -0.2) is 0 Å². The zero-order chi connectivity index (χ0) is 21.3. The van der Waals surface area contributed by atoms with E-state index in [1.165, 1.54) is 11.8 Å². The van der Waals surface area contributed by atoms with Gasteiger partial charge in [-0.15, -0.1) is 10.2 Å². The molecule has 0 N–H and O–H groups in total. The maximum absolute atomic E-state index is 12.4. The van der Waals surface area contributed by atoms with Crippen LogP contribution in [0.1, 0.15) is 19.4 Å². The summed E-state index contributed by atoms with van der Waals surface area (Å²) in [6.45, 7) is 5.23. The highest BCUT2D eigenvalue weighted by atomic mass is 32.2. The minimum atomic E-state index is -0.477. The molecule has 3 rings (SSSR count). The topological polar surface area (TPSA) is 90.5 Å². The second-order valence-corrected chi connectivity index (χ2v) is 7.31. The number of hydrogen-bond acceptors (Lipinski definition) is 7. The lowest BCUT2D eigenvalue weighted by molar-refractivity contribution is -0.150. The van der Waals surface area contributed by atoms with Crippen LogP contribution in [0.5, 0.6) is 0 Å². The Morgan fingerprint density at radius 1 is 1.13 bits per heavy atom. The molecule has 0 fully saturated rings. The lowest BCUT2D eigenvalue weighted by atomic mass is 10.2. The summed E-state index contributed by atoms with van der Waals surface area (Å²) in [4.78, 5) is 26.2. The van der Waals surface area contributed by atoms with Gasteiger partial charge in [-0.2, -0.15) is 0 Å². The van der Waals surface area contributed by atoms with Gasteiger partial charge >= 0.3 is 5.97 Å². The summed E-state index contributed by atoms with van der Waals surface area (Å²) in [5, 5.41) is 8.86. The second-order valence-electron chi connectivity index (χ2n) is 6.37. The number of rotatable bonds is 10. The van der Waals surface area contributed by atoms with Gasteiger partial charge in [-0.05, 0) is 31.5 Å². The Morgan fingerprint density at radius 2 is 1.93 bits per heavy atom. The van der Waals surface area contributed by atoms with E-state index in [4.69, 9.17) is 9.15 Å². The van der Waals surface area contributed by atoms with E-state index in [9.17, 15) is 9.59 Å². The number of amides is 1. The Bertz CT molecular complexity index is 957. The van der Waals surface area contributed by atoms with Gasteiger partial charge in [0.2, 0.25) is 0 Å².